The number of carbonyl (C=O) groups is 2. The zero-order valence-corrected chi connectivity index (χ0v) is 19.6. The smallest absolute Gasteiger partial charge is 0.258 e. The van der Waals surface area contributed by atoms with E-state index in [9.17, 15) is 9.59 Å². The molecule has 2 amide bonds. The SMILES string of the molecule is O=C(CC(c1ccccc1)c1ccccc1)Nc1ccc2c(c1)N(C(=O)c1ccccc1)CCC2. The summed E-state index contributed by atoms with van der Waals surface area (Å²) in [7, 11) is 0. The molecule has 0 fully saturated rings. The molecule has 0 bridgehead atoms. The lowest BCUT2D eigenvalue weighted by atomic mass is 9.88. The number of rotatable bonds is 6. The van der Waals surface area contributed by atoms with E-state index in [4.69, 9.17) is 0 Å². The molecule has 0 aromatic heterocycles. The number of nitrogens with one attached hydrogen (secondary N) is 1. The van der Waals surface area contributed by atoms with Crippen LogP contribution in [-0.4, -0.2) is 18.4 Å². The largest absolute Gasteiger partial charge is 0.326 e. The molecule has 0 saturated heterocycles. The van der Waals surface area contributed by atoms with Crippen molar-refractivity contribution in [2.45, 2.75) is 25.2 Å². The summed E-state index contributed by atoms with van der Waals surface area (Å²) in [6.45, 7) is 0.669. The molecule has 1 aliphatic rings. The number of aryl methyl sites for hydroxylation is 1. The van der Waals surface area contributed by atoms with Gasteiger partial charge in [0.05, 0.1) is 0 Å². The van der Waals surface area contributed by atoms with E-state index in [2.05, 4.69) is 29.6 Å². The molecule has 1 aliphatic heterocycles. The van der Waals surface area contributed by atoms with Crippen molar-refractivity contribution in [2.75, 3.05) is 16.8 Å². The standard InChI is InChI=1S/C31H28N2O2/c34-30(22-28(23-11-4-1-5-12-23)24-13-6-2-7-14-24)32-27-19-18-25-17-10-20-33(29(25)21-27)31(35)26-15-8-3-9-16-26/h1-9,11-16,18-19,21,28H,10,17,20,22H2,(H,32,34). The van der Waals surface area contributed by atoms with E-state index in [1.165, 1.54) is 0 Å². The fourth-order valence-corrected chi connectivity index (χ4v) is 4.80. The van der Waals surface area contributed by atoms with Gasteiger partial charge in [-0.05, 0) is 53.8 Å². The number of fused-ring (bicyclic) bond motifs is 1. The Bertz CT molecular complexity index is 1260. The van der Waals surface area contributed by atoms with E-state index in [0.717, 1.165) is 35.2 Å². The molecule has 0 saturated carbocycles. The van der Waals surface area contributed by atoms with Crippen LogP contribution in [0.5, 0.6) is 0 Å². The van der Waals surface area contributed by atoms with Gasteiger partial charge < -0.3 is 10.2 Å². The highest BCUT2D eigenvalue weighted by atomic mass is 16.2. The average molecular weight is 461 g/mol. The molecule has 4 aromatic carbocycles. The van der Waals surface area contributed by atoms with Crippen LogP contribution in [0.3, 0.4) is 0 Å². The van der Waals surface area contributed by atoms with E-state index in [1.54, 1.807) is 0 Å². The van der Waals surface area contributed by atoms with Crippen molar-refractivity contribution < 1.29 is 9.59 Å². The van der Waals surface area contributed by atoms with E-state index in [1.807, 2.05) is 89.8 Å². The molecule has 0 aliphatic carbocycles. The van der Waals surface area contributed by atoms with E-state index < -0.39 is 0 Å². The van der Waals surface area contributed by atoms with Gasteiger partial charge in [-0.25, -0.2) is 0 Å². The van der Waals surface area contributed by atoms with Gasteiger partial charge >= 0.3 is 0 Å². The first-order valence-corrected chi connectivity index (χ1v) is 12.1. The Hall–Kier alpha value is -4.18. The summed E-state index contributed by atoms with van der Waals surface area (Å²) in [5, 5.41) is 3.08. The number of nitrogens with zero attached hydrogens (tertiary/aromatic N) is 1. The van der Waals surface area contributed by atoms with Crippen LogP contribution in [0.25, 0.3) is 0 Å². The minimum atomic E-state index is -0.0561. The van der Waals surface area contributed by atoms with Crippen LogP contribution in [0.15, 0.2) is 109 Å². The number of anilines is 2. The highest BCUT2D eigenvalue weighted by Crippen LogP contribution is 2.32. The summed E-state index contributed by atoms with van der Waals surface area (Å²) in [5.74, 6) is -0.103. The molecular formula is C31H28N2O2. The number of carbonyl (C=O) groups excluding carboxylic acids is 2. The maximum absolute atomic E-state index is 13.2. The fourth-order valence-electron chi connectivity index (χ4n) is 4.80. The second-order valence-electron chi connectivity index (χ2n) is 8.90. The molecule has 0 unspecified atom stereocenters. The van der Waals surface area contributed by atoms with Crippen LogP contribution in [0.1, 0.15) is 45.8 Å². The Morgan fingerprint density at radius 1 is 0.771 bits per heavy atom. The predicted octanol–water partition coefficient (Wildman–Crippen LogP) is 6.44. The van der Waals surface area contributed by atoms with Crippen molar-refractivity contribution in [1.29, 1.82) is 0 Å². The maximum atomic E-state index is 13.2. The van der Waals surface area contributed by atoms with Gasteiger partial charge in [0.25, 0.3) is 5.91 Å². The highest BCUT2D eigenvalue weighted by molar-refractivity contribution is 6.07. The molecule has 1 heterocycles. The van der Waals surface area contributed by atoms with Gasteiger partial charge in [-0.2, -0.15) is 0 Å². The van der Waals surface area contributed by atoms with Crippen molar-refractivity contribution in [2.24, 2.45) is 0 Å². The van der Waals surface area contributed by atoms with Crippen LogP contribution in [-0.2, 0) is 11.2 Å². The van der Waals surface area contributed by atoms with Gasteiger partial charge in [0.15, 0.2) is 0 Å². The van der Waals surface area contributed by atoms with Crippen LogP contribution in [0, 0.1) is 0 Å². The van der Waals surface area contributed by atoms with Gasteiger partial charge in [-0.3, -0.25) is 9.59 Å². The summed E-state index contributed by atoms with van der Waals surface area (Å²) in [6.07, 6.45) is 2.18. The normalized spacial score (nSPS) is 12.8. The van der Waals surface area contributed by atoms with E-state index in [-0.39, 0.29) is 17.7 Å². The molecule has 0 radical (unpaired) electrons. The Morgan fingerprint density at radius 2 is 1.37 bits per heavy atom. The molecule has 4 heteroatoms. The van der Waals surface area contributed by atoms with Crippen LogP contribution in [0.2, 0.25) is 0 Å². The number of hydrogen-bond acceptors (Lipinski definition) is 2. The second kappa shape index (κ2) is 10.4. The third-order valence-corrected chi connectivity index (χ3v) is 6.55. The highest BCUT2D eigenvalue weighted by Gasteiger charge is 2.24. The first kappa shape index (κ1) is 22.6. The molecule has 0 atom stereocenters. The lowest BCUT2D eigenvalue weighted by Gasteiger charge is -2.30. The fraction of sp³-hybridized carbons (Fsp3) is 0.161. The minimum Gasteiger partial charge on any atom is -0.326 e. The third kappa shape index (κ3) is 5.17. The first-order valence-electron chi connectivity index (χ1n) is 12.1. The molecule has 5 rings (SSSR count). The lowest BCUT2D eigenvalue weighted by molar-refractivity contribution is -0.116. The lowest BCUT2D eigenvalue weighted by Crippen LogP contribution is -2.35. The van der Waals surface area contributed by atoms with Crippen LogP contribution < -0.4 is 10.2 Å². The Morgan fingerprint density at radius 3 is 2.00 bits per heavy atom. The number of amides is 2. The van der Waals surface area contributed by atoms with Gasteiger partial charge in [0.1, 0.15) is 0 Å². The summed E-state index contributed by atoms with van der Waals surface area (Å²) in [6, 6.07) is 35.5. The van der Waals surface area contributed by atoms with Gasteiger partial charge in [-0.1, -0.05) is 84.9 Å². The topological polar surface area (TPSA) is 49.4 Å². The monoisotopic (exact) mass is 460 g/mol. The quantitative estimate of drug-likeness (QED) is 0.360. The van der Waals surface area contributed by atoms with Crippen molar-refractivity contribution in [3.8, 4) is 0 Å². The molecule has 4 aromatic rings. The Kier molecular flexibility index (Phi) is 6.71. The first-order chi connectivity index (χ1) is 17.2. The van der Waals surface area contributed by atoms with Crippen LogP contribution in [0.4, 0.5) is 11.4 Å². The predicted molar refractivity (Wildman–Crippen MR) is 141 cm³/mol. The van der Waals surface area contributed by atoms with Crippen LogP contribution >= 0.6 is 0 Å². The summed E-state index contributed by atoms with van der Waals surface area (Å²) >= 11 is 0. The van der Waals surface area contributed by atoms with E-state index in [0.29, 0.717) is 24.2 Å². The summed E-state index contributed by atoms with van der Waals surface area (Å²) in [5.41, 5.74) is 5.61. The molecule has 35 heavy (non-hydrogen) atoms. The molecule has 0 spiro atoms. The summed E-state index contributed by atoms with van der Waals surface area (Å²) < 4.78 is 0. The average Bonchev–Trinajstić information content (AvgIpc) is 2.92. The van der Waals surface area contributed by atoms with Crippen molar-refractivity contribution in [3.63, 3.8) is 0 Å². The van der Waals surface area contributed by atoms with Gasteiger partial charge in [0, 0.05) is 35.8 Å². The molecule has 174 valence electrons. The van der Waals surface area contributed by atoms with Crippen molar-refractivity contribution in [1.82, 2.24) is 0 Å². The zero-order chi connectivity index (χ0) is 24.0. The second-order valence-corrected chi connectivity index (χ2v) is 8.90. The Labute approximate surface area is 206 Å². The van der Waals surface area contributed by atoms with Crippen molar-refractivity contribution >= 4 is 23.2 Å². The summed E-state index contributed by atoms with van der Waals surface area (Å²) in [4.78, 5) is 28.2. The minimum absolute atomic E-state index is 0.0109. The molecular weight excluding hydrogens is 432 g/mol. The van der Waals surface area contributed by atoms with Gasteiger partial charge in [0.2, 0.25) is 5.91 Å². The van der Waals surface area contributed by atoms with E-state index >= 15 is 0 Å². The Balaban J connectivity index is 1.37. The number of hydrogen-bond donors (Lipinski definition) is 1. The van der Waals surface area contributed by atoms with Gasteiger partial charge in [-0.15, -0.1) is 0 Å². The molecule has 1 N–H and O–H groups in total. The molecule has 4 nitrogen and oxygen atoms in total. The zero-order valence-electron chi connectivity index (χ0n) is 19.6. The maximum Gasteiger partial charge on any atom is 0.258 e. The van der Waals surface area contributed by atoms with Crippen molar-refractivity contribution in [3.05, 3.63) is 131 Å². The third-order valence-electron chi connectivity index (χ3n) is 6.55. The number of benzene rings is 4.